The Morgan fingerprint density at radius 3 is 2.12 bits per heavy atom. The van der Waals surface area contributed by atoms with E-state index >= 15 is 0 Å². The molecule has 0 aromatic heterocycles. The molecular formula is C12H24N2OS. The smallest absolute Gasteiger partial charge is 0.232 e. The Labute approximate surface area is 104 Å². The third-order valence-corrected chi connectivity index (χ3v) is 2.91. The molecule has 16 heavy (non-hydrogen) atoms. The SMILES string of the molecule is CC(C)CCN(C)C(=O)C(C(N)=S)C(C)C. The van der Waals surface area contributed by atoms with Crippen LogP contribution in [0.15, 0.2) is 0 Å². The van der Waals surface area contributed by atoms with Crippen molar-refractivity contribution in [2.75, 3.05) is 13.6 Å². The summed E-state index contributed by atoms with van der Waals surface area (Å²) in [7, 11) is 1.82. The molecule has 0 heterocycles. The predicted molar refractivity (Wildman–Crippen MR) is 72.2 cm³/mol. The third kappa shape index (κ3) is 4.92. The topological polar surface area (TPSA) is 46.3 Å². The standard InChI is InChI=1S/C12H24N2OS/c1-8(2)6-7-14(5)12(15)10(9(3)4)11(13)16/h8-10H,6-7H2,1-5H3,(H2,13,16). The average Bonchev–Trinajstić information content (AvgIpc) is 2.12. The molecule has 3 nitrogen and oxygen atoms in total. The largest absolute Gasteiger partial charge is 0.393 e. The van der Waals surface area contributed by atoms with Crippen LogP contribution >= 0.6 is 12.2 Å². The first-order chi connectivity index (χ1) is 7.27. The number of hydrogen-bond acceptors (Lipinski definition) is 2. The van der Waals surface area contributed by atoms with E-state index in [0.29, 0.717) is 10.9 Å². The summed E-state index contributed by atoms with van der Waals surface area (Å²) in [5.41, 5.74) is 5.62. The van der Waals surface area contributed by atoms with Gasteiger partial charge in [-0.25, -0.2) is 0 Å². The second-order valence-electron chi connectivity index (χ2n) is 5.07. The molecule has 0 fully saturated rings. The van der Waals surface area contributed by atoms with Gasteiger partial charge < -0.3 is 10.6 Å². The van der Waals surface area contributed by atoms with Crippen LogP contribution in [-0.4, -0.2) is 29.4 Å². The van der Waals surface area contributed by atoms with Crippen molar-refractivity contribution in [2.45, 2.75) is 34.1 Å². The van der Waals surface area contributed by atoms with Gasteiger partial charge in [-0.1, -0.05) is 39.9 Å². The van der Waals surface area contributed by atoms with Crippen molar-refractivity contribution in [2.24, 2.45) is 23.5 Å². The highest BCUT2D eigenvalue weighted by atomic mass is 32.1. The van der Waals surface area contributed by atoms with Gasteiger partial charge in [-0.15, -0.1) is 0 Å². The fourth-order valence-electron chi connectivity index (χ4n) is 1.53. The Hall–Kier alpha value is -0.640. The first kappa shape index (κ1) is 15.4. The van der Waals surface area contributed by atoms with Gasteiger partial charge in [-0.2, -0.15) is 0 Å². The van der Waals surface area contributed by atoms with Gasteiger partial charge in [-0.3, -0.25) is 4.79 Å². The molecule has 0 saturated heterocycles. The quantitative estimate of drug-likeness (QED) is 0.727. The fraction of sp³-hybridized carbons (Fsp3) is 0.833. The lowest BCUT2D eigenvalue weighted by Gasteiger charge is -2.26. The molecule has 1 atom stereocenters. The Morgan fingerprint density at radius 1 is 1.31 bits per heavy atom. The van der Waals surface area contributed by atoms with Crippen LogP contribution < -0.4 is 5.73 Å². The molecule has 2 N–H and O–H groups in total. The highest BCUT2D eigenvalue weighted by Gasteiger charge is 2.27. The van der Waals surface area contributed by atoms with E-state index in [-0.39, 0.29) is 17.7 Å². The molecule has 0 spiro atoms. The van der Waals surface area contributed by atoms with E-state index in [1.54, 1.807) is 4.90 Å². The summed E-state index contributed by atoms with van der Waals surface area (Å²) in [4.78, 5) is 14.1. The number of amides is 1. The Morgan fingerprint density at radius 2 is 1.81 bits per heavy atom. The maximum atomic E-state index is 12.1. The van der Waals surface area contributed by atoms with E-state index < -0.39 is 0 Å². The Bertz CT molecular complexity index is 251. The zero-order chi connectivity index (χ0) is 12.9. The molecule has 0 aliphatic heterocycles. The molecule has 0 aliphatic carbocycles. The number of nitrogens with zero attached hydrogens (tertiary/aromatic N) is 1. The number of nitrogens with two attached hydrogens (primary N) is 1. The third-order valence-electron chi connectivity index (χ3n) is 2.66. The van der Waals surface area contributed by atoms with Crippen LogP contribution in [0.2, 0.25) is 0 Å². The van der Waals surface area contributed by atoms with E-state index in [1.165, 1.54) is 0 Å². The van der Waals surface area contributed by atoms with Crippen LogP contribution in [0.5, 0.6) is 0 Å². The van der Waals surface area contributed by atoms with Crippen LogP contribution in [0.25, 0.3) is 0 Å². The highest BCUT2D eigenvalue weighted by Crippen LogP contribution is 2.15. The van der Waals surface area contributed by atoms with Crippen LogP contribution in [0.4, 0.5) is 0 Å². The van der Waals surface area contributed by atoms with Gasteiger partial charge in [0.1, 0.15) is 0 Å². The number of carbonyl (C=O) groups excluding carboxylic acids is 1. The first-order valence-corrected chi connectivity index (χ1v) is 6.22. The molecule has 0 radical (unpaired) electrons. The number of carbonyl (C=O) groups is 1. The summed E-state index contributed by atoms with van der Waals surface area (Å²) in [5, 5.41) is 0. The van der Waals surface area contributed by atoms with Crippen LogP contribution in [-0.2, 0) is 4.79 Å². The van der Waals surface area contributed by atoms with Gasteiger partial charge in [0.05, 0.1) is 10.9 Å². The molecule has 0 aliphatic rings. The summed E-state index contributed by atoms with van der Waals surface area (Å²) < 4.78 is 0. The first-order valence-electron chi connectivity index (χ1n) is 5.81. The van der Waals surface area contributed by atoms with E-state index in [1.807, 2.05) is 20.9 Å². The molecule has 1 amide bonds. The molecule has 0 aromatic carbocycles. The normalized spacial score (nSPS) is 12.9. The molecule has 0 rings (SSSR count). The number of rotatable bonds is 6. The van der Waals surface area contributed by atoms with Gasteiger partial charge >= 0.3 is 0 Å². The lowest BCUT2D eigenvalue weighted by Crippen LogP contribution is -2.42. The van der Waals surface area contributed by atoms with Crippen molar-refractivity contribution in [3.8, 4) is 0 Å². The lowest BCUT2D eigenvalue weighted by molar-refractivity contribution is -0.133. The number of thiocarbonyl (C=S) groups is 1. The van der Waals surface area contributed by atoms with Crippen molar-refractivity contribution in [3.05, 3.63) is 0 Å². The Kier molecular flexibility index (Phi) is 6.56. The minimum absolute atomic E-state index is 0.0446. The minimum Gasteiger partial charge on any atom is -0.393 e. The number of hydrogen-bond donors (Lipinski definition) is 1. The fourth-order valence-corrected chi connectivity index (χ4v) is 1.91. The van der Waals surface area contributed by atoms with Crippen LogP contribution in [0.3, 0.4) is 0 Å². The van der Waals surface area contributed by atoms with Gasteiger partial charge in [0.15, 0.2) is 0 Å². The summed E-state index contributed by atoms with van der Waals surface area (Å²) in [5.74, 6) is 0.472. The second kappa shape index (κ2) is 6.84. The van der Waals surface area contributed by atoms with Crippen molar-refractivity contribution in [3.63, 3.8) is 0 Å². The molecular weight excluding hydrogens is 220 g/mol. The van der Waals surface area contributed by atoms with Crippen LogP contribution in [0, 0.1) is 17.8 Å². The van der Waals surface area contributed by atoms with E-state index in [9.17, 15) is 4.79 Å². The summed E-state index contributed by atoms with van der Waals surface area (Å²) >= 11 is 4.95. The van der Waals surface area contributed by atoms with E-state index in [0.717, 1.165) is 13.0 Å². The van der Waals surface area contributed by atoms with Crippen molar-refractivity contribution in [1.29, 1.82) is 0 Å². The summed E-state index contributed by atoms with van der Waals surface area (Å²) in [6, 6.07) is 0. The Balaban J connectivity index is 4.44. The monoisotopic (exact) mass is 244 g/mol. The van der Waals surface area contributed by atoms with Crippen LogP contribution in [0.1, 0.15) is 34.1 Å². The van der Waals surface area contributed by atoms with Crippen molar-refractivity contribution in [1.82, 2.24) is 4.90 Å². The molecule has 1 unspecified atom stereocenters. The van der Waals surface area contributed by atoms with Gasteiger partial charge in [0.25, 0.3) is 0 Å². The maximum absolute atomic E-state index is 12.1. The molecule has 0 aromatic rings. The zero-order valence-corrected chi connectivity index (χ0v) is 11.8. The van der Waals surface area contributed by atoms with E-state index in [4.69, 9.17) is 18.0 Å². The minimum atomic E-state index is -0.327. The zero-order valence-electron chi connectivity index (χ0n) is 11.0. The molecule has 0 saturated carbocycles. The highest BCUT2D eigenvalue weighted by molar-refractivity contribution is 7.80. The lowest BCUT2D eigenvalue weighted by atomic mass is 9.94. The summed E-state index contributed by atoms with van der Waals surface area (Å²) in [6.45, 7) is 9.00. The van der Waals surface area contributed by atoms with Gasteiger partial charge in [0.2, 0.25) is 5.91 Å². The van der Waals surface area contributed by atoms with Gasteiger partial charge in [0, 0.05) is 13.6 Å². The molecule has 0 bridgehead atoms. The van der Waals surface area contributed by atoms with Crippen molar-refractivity contribution < 1.29 is 4.79 Å². The van der Waals surface area contributed by atoms with E-state index in [2.05, 4.69) is 13.8 Å². The van der Waals surface area contributed by atoms with Crippen molar-refractivity contribution >= 4 is 23.1 Å². The maximum Gasteiger partial charge on any atom is 0.232 e. The molecule has 4 heteroatoms. The average molecular weight is 244 g/mol. The summed E-state index contributed by atoms with van der Waals surface area (Å²) in [6.07, 6.45) is 1.00. The second-order valence-corrected chi connectivity index (χ2v) is 5.54. The molecule has 94 valence electrons. The van der Waals surface area contributed by atoms with Gasteiger partial charge in [-0.05, 0) is 18.3 Å². The predicted octanol–water partition coefficient (Wildman–Crippen LogP) is 2.05.